The summed E-state index contributed by atoms with van der Waals surface area (Å²) in [7, 11) is 0. The molecule has 0 spiro atoms. The summed E-state index contributed by atoms with van der Waals surface area (Å²) in [6, 6.07) is 5.96. The van der Waals surface area contributed by atoms with Gasteiger partial charge in [0.05, 0.1) is 12.6 Å². The van der Waals surface area contributed by atoms with Crippen LogP contribution in [0.1, 0.15) is 32.8 Å². The van der Waals surface area contributed by atoms with Crippen molar-refractivity contribution in [3.05, 3.63) is 35.6 Å². The highest BCUT2D eigenvalue weighted by Crippen LogP contribution is 2.21. The maximum absolute atomic E-state index is 13.1. The lowest BCUT2D eigenvalue weighted by Crippen LogP contribution is -2.48. The van der Waals surface area contributed by atoms with Crippen molar-refractivity contribution in [2.75, 3.05) is 19.6 Å². The van der Waals surface area contributed by atoms with Crippen LogP contribution < -0.4 is 5.32 Å². The van der Waals surface area contributed by atoms with Crippen LogP contribution in [0.15, 0.2) is 24.3 Å². The molecule has 1 N–H and O–H groups in total. The lowest BCUT2D eigenvalue weighted by atomic mass is 10.0. The Hall–Kier alpha value is -2.44. The van der Waals surface area contributed by atoms with Crippen molar-refractivity contribution in [3.63, 3.8) is 0 Å². The van der Waals surface area contributed by atoms with Crippen LogP contribution >= 0.6 is 0 Å². The van der Waals surface area contributed by atoms with Gasteiger partial charge in [-0.25, -0.2) is 4.39 Å². The van der Waals surface area contributed by atoms with E-state index in [1.54, 1.807) is 21.9 Å². The number of benzene rings is 1. The first-order valence-corrected chi connectivity index (χ1v) is 8.84. The molecule has 0 radical (unpaired) electrons. The topological polar surface area (TPSA) is 69.7 Å². The van der Waals surface area contributed by atoms with Crippen molar-refractivity contribution in [1.82, 2.24) is 15.1 Å². The molecule has 2 rings (SSSR count). The van der Waals surface area contributed by atoms with E-state index in [0.29, 0.717) is 19.6 Å². The van der Waals surface area contributed by atoms with E-state index in [1.807, 2.05) is 13.8 Å². The first-order valence-electron chi connectivity index (χ1n) is 8.84. The minimum atomic E-state index is -0.314. The molecule has 1 aliphatic heterocycles. The molecule has 0 saturated carbocycles. The number of nitrogens with zero attached hydrogens (tertiary/aromatic N) is 2. The highest BCUT2D eigenvalue weighted by Gasteiger charge is 2.33. The van der Waals surface area contributed by atoms with Gasteiger partial charge in [0.1, 0.15) is 5.82 Å². The summed E-state index contributed by atoms with van der Waals surface area (Å²) in [5, 5.41) is 2.51. The van der Waals surface area contributed by atoms with Crippen LogP contribution in [-0.2, 0) is 20.9 Å². The summed E-state index contributed by atoms with van der Waals surface area (Å²) < 4.78 is 13.1. The molecule has 1 saturated heterocycles. The Balaban J connectivity index is 2.15. The quantitative estimate of drug-likeness (QED) is 0.863. The molecule has 26 heavy (non-hydrogen) atoms. The van der Waals surface area contributed by atoms with Gasteiger partial charge in [-0.2, -0.15) is 0 Å². The van der Waals surface area contributed by atoms with E-state index >= 15 is 0 Å². The Morgan fingerprint density at radius 2 is 1.92 bits per heavy atom. The predicted octanol–water partition coefficient (Wildman–Crippen LogP) is 1.55. The fourth-order valence-electron chi connectivity index (χ4n) is 3.08. The predicted molar refractivity (Wildman–Crippen MR) is 95.5 cm³/mol. The standard InChI is InChI=1S/C19H26FN3O3/c1-13(2)17-12-22(19(26)10-21-14(3)24)9-8-18(25)23(17)11-15-4-6-16(20)7-5-15/h4-7,13,17H,8-12H2,1-3H3,(H,21,24). The number of hydrogen-bond donors (Lipinski definition) is 1. The number of nitrogens with one attached hydrogen (secondary N) is 1. The molecule has 7 heteroatoms. The van der Waals surface area contributed by atoms with Crippen LogP contribution in [0.25, 0.3) is 0 Å². The van der Waals surface area contributed by atoms with Gasteiger partial charge in [-0.15, -0.1) is 0 Å². The minimum absolute atomic E-state index is 0.0251. The molecule has 142 valence electrons. The van der Waals surface area contributed by atoms with Gasteiger partial charge in [0.2, 0.25) is 17.7 Å². The largest absolute Gasteiger partial charge is 0.347 e. The van der Waals surface area contributed by atoms with Crippen molar-refractivity contribution in [2.45, 2.75) is 39.8 Å². The number of rotatable bonds is 5. The van der Waals surface area contributed by atoms with E-state index in [0.717, 1.165) is 5.56 Å². The van der Waals surface area contributed by atoms with Gasteiger partial charge in [0.15, 0.2) is 0 Å². The average molecular weight is 363 g/mol. The number of carbonyl (C=O) groups is 3. The molecule has 1 fully saturated rings. The summed E-state index contributed by atoms with van der Waals surface area (Å²) >= 11 is 0. The van der Waals surface area contributed by atoms with Crippen LogP contribution in [-0.4, -0.2) is 53.2 Å². The molecule has 3 amide bonds. The molecule has 0 aliphatic carbocycles. The van der Waals surface area contributed by atoms with Crippen molar-refractivity contribution in [3.8, 4) is 0 Å². The highest BCUT2D eigenvalue weighted by atomic mass is 19.1. The third-order valence-corrected chi connectivity index (χ3v) is 4.60. The summed E-state index contributed by atoms with van der Waals surface area (Å²) in [5.41, 5.74) is 0.850. The van der Waals surface area contributed by atoms with E-state index in [1.165, 1.54) is 19.1 Å². The third kappa shape index (κ3) is 5.28. The molecular weight excluding hydrogens is 337 g/mol. The van der Waals surface area contributed by atoms with Gasteiger partial charge in [0, 0.05) is 33.0 Å². The zero-order valence-electron chi connectivity index (χ0n) is 15.5. The minimum Gasteiger partial charge on any atom is -0.347 e. The second-order valence-electron chi connectivity index (χ2n) is 6.96. The molecule has 0 aromatic heterocycles. The van der Waals surface area contributed by atoms with Crippen LogP contribution in [0.3, 0.4) is 0 Å². The van der Waals surface area contributed by atoms with E-state index < -0.39 is 0 Å². The SMILES string of the molecule is CC(=O)NCC(=O)N1CCC(=O)N(Cc2ccc(F)cc2)C(C(C)C)C1. The van der Waals surface area contributed by atoms with Crippen LogP contribution in [0, 0.1) is 11.7 Å². The van der Waals surface area contributed by atoms with Crippen LogP contribution in [0.4, 0.5) is 4.39 Å². The van der Waals surface area contributed by atoms with Crippen molar-refractivity contribution >= 4 is 17.7 Å². The zero-order valence-corrected chi connectivity index (χ0v) is 15.5. The average Bonchev–Trinajstić information content (AvgIpc) is 2.75. The molecule has 1 atom stereocenters. The van der Waals surface area contributed by atoms with E-state index in [4.69, 9.17) is 0 Å². The van der Waals surface area contributed by atoms with Crippen molar-refractivity contribution < 1.29 is 18.8 Å². The number of halogens is 1. The fraction of sp³-hybridized carbons (Fsp3) is 0.526. The maximum Gasteiger partial charge on any atom is 0.242 e. The molecule has 1 aromatic rings. The second-order valence-corrected chi connectivity index (χ2v) is 6.96. The van der Waals surface area contributed by atoms with E-state index in [-0.39, 0.29) is 48.5 Å². The monoisotopic (exact) mass is 363 g/mol. The lowest BCUT2D eigenvalue weighted by molar-refractivity contribution is -0.134. The molecular formula is C19H26FN3O3. The van der Waals surface area contributed by atoms with Crippen molar-refractivity contribution in [1.29, 1.82) is 0 Å². The van der Waals surface area contributed by atoms with Gasteiger partial charge in [0.25, 0.3) is 0 Å². The molecule has 6 nitrogen and oxygen atoms in total. The third-order valence-electron chi connectivity index (χ3n) is 4.60. The molecule has 1 aromatic carbocycles. The highest BCUT2D eigenvalue weighted by molar-refractivity contribution is 5.85. The maximum atomic E-state index is 13.1. The first-order chi connectivity index (χ1) is 12.3. The Morgan fingerprint density at radius 1 is 1.27 bits per heavy atom. The Labute approximate surface area is 153 Å². The Bertz CT molecular complexity index is 660. The van der Waals surface area contributed by atoms with Gasteiger partial charge < -0.3 is 15.1 Å². The molecule has 0 bridgehead atoms. The van der Waals surface area contributed by atoms with Gasteiger partial charge in [-0.05, 0) is 23.6 Å². The van der Waals surface area contributed by atoms with Gasteiger partial charge in [-0.3, -0.25) is 14.4 Å². The summed E-state index contributed by atoms with van der Waals surface area (Å²) in [6.45, 7) is 6.46. The van der Waals surface area contributed by atoms with Crippen molar-refractivity contribution in [2.24, 2.45) is 5.92 Å². The van der Waals surface area contributed by atoms with Gasteiger partial charge >= 0.3 is 0 Å². The van der Waals surface area contributed by atoms with E-state index in [9.17, 15) is 18.8 Å². The number of hydrogen-bond acceptors (Lipinski definition) is 3. The second kappa shape index (κ2) is 8.78. The zero-order chi connectivity index (χ0) is 19.3. The normalized spacial score (nSPS) is 18.0. The molecule has 1 aliphatic rings. The van der Waals surface area contributed by atoms with E-state index in [2.05, 4.69) is 5.32 Å². The smallest absolute Gasteiger partial charge is 0.242 e. The number of amides is 3. The lowest BCUT2D eigenvalue weighted by Gasteiger charge is -2.34. The Kier molecular flexibility index (Phi) is 6.71. The first kappa shape index (κ1) is 19.9. The Morgan fingerprint density at radius 3 is 2.50 bits per heavy atom. The van der Waals surface area contributed by atoms with Crippen LogP contribution in [0.2, 0.25) is 0 Å². The number of carbonyl (C=O) groups excluding carboxylic acids is 3. The molecule has 1 heterocycles. The van der Waals surface area contributed by atoms with Crippen LogP contribution in [0.5, 0.6) is 0 Å². The fourth-order valence-corrected chi connectivity index (χ4v) is 3.08. The summed E-state index contributed by atoms with van der Waals surface area (Å²) in [5.74, 6) is -0.646. The van der Waals surface area contributed by atoms with Gasteiger partial charge in [-0.1, -0.05) is 26.0 Å². The summed E-state index contributed by atoms with van der Waals surface area (Å²) in [4.78, 5) is 39.5. The summed E-state index contributed by atoms with van der Waals surface area (Å²) in [6.07, 6.45) is 0.232. The molecule has 1 unspecified atom stereocenters.